The molecule has 2 heterocycles. The van der Waals surface area contributed by atoms with Gasteiger partial charge >= 0.3 is 0 Å². The summed E-state index contributed by atoms with van der Waals surface area (Å²) in [5.74, 6) is -1.06. The van der Waals surface area contributed by atoms with Gasteiger partial charge in [0, 0.05) is 10.9 Å². The molecule has 1 aliphatic heterocycles. The van der Waals surface area contributed by atoms with Gasteiger partial charge in [0.15, 0.2) is 0 Å². The van der Waals surface area contributed by atoms with E-state index in [1.54, 1.807) is 30.3 Å². The number of nitrogens with one attached hydrogen (secondary N) is 1. The summed E-state index contributed by atoms with van der Waals surface area (Å²) in [6.07, 6.45) is -2.78. The lowest BCUT2D eigenvalue weighted by Crippen LogP contribution is -2.45. The van der Waals surface area contributed by atoms with Crippen LogP contribution in [0.5, 0.6) is 0 Å². The Bertz CT molecular complexity index is 766. The fourth-order valence-electron chi connectivity index (χ4n) is 2.64. The fraction of sp³-hybridized carbons (Fsp3) is 0.312. The number of aliphatic hydroxyl groups is 2. The molecule has 2 amide bonds. The quantitative estimate of drug-likeness (QED) is 0.583. The normalized spacial score (nSPS) is 25.7. The van der Waals surface area contributed by atoms with Crippen LogP contribution in [0.25, 0.3) is 0 Å². The summed E-state index contributed by atoms with van der Waals surface area (Å²) in [5.41, 5.74) is 5.71. The molecule has 132 valence electrons. The summed E-state index contributed by atoms with van der Waals surface area (Å²) in [6, 6.07) is 7.71. The number of primary amides is 1. The number of thiazole rings is 1. The van der Waals surface area contributed by atoms with Gasteiger partial charge in [0.25, 0.3) is 11.8 Å². The highest BCUT2D eigenvalue weighted by Crippen LogP contribution is 2.35. The van der Waals surface area contributed by atoms with Gasteiger partial charge in [-0.05, 0) is 12.1 Å². The lowest BCUT2D eigenvalue weighted by atomic mass is 10.0. The first-order valence-electron chi connectivity index (χ1n) is 7.56. The van der Waals surface area contributed by atoms with Crippen molar-refractivity contribution in [2.75, 3.05) is 6.61 Å². The maximum absolute atomic E-state index is 12.4. The van der Waals surface area contributed by atoms with Crippen molar-refractivity contribution < 1.29 is 24.5 Å². The van der Waals surface area contributed by atoms with E-state index in [9.17, 15) is 19.8 Å². The van der Waals surface area contributed by atoms with Crippen LogP contribution in [0.1, 0.15) is 32.0 Å². The SMILES string of the molecule is NC(=O)c1csc([C@@H]2O[C@H](CO)[C@@H](O)[C@H]2NC(=O)c2ccccc2)n1. The predicted molar refractivity (Wildman–Crippen MR) is 89.0 cm³/mol. The molecule has 0 spiro atoms. The molecule has 0 saturated carbocycles. The second-order valence-electron chi connectivity index (χ2n) is 5.57. The molecule has 1 aromatic heterocycles. The van der Waals surface area contributed by atoms with Gasteiger partial charge < -0.3 is 26.0 Å². The van der Waals surface area contributed by atoms with Crippen molar-refractivity contribution in [1.82, 2.24) is 10.3 Å². The van der Waals surface area contributed by atoms with Crippen LogP contribution in [0.4, 0.5) is 0 Å². The molecule has 9 heteroatoms. The predicted octanol–water partition coefficient (Wildman–Crippen LogP) is -0.166. The van der Waals surface area contributed by atoms with Crippen molar-refractivity contribution >= 4 is 23.2 Å². The monoisotopic (exact) mass is 363 g/mol. The number of rotatable bonds is 5. The minimum absolute atomic E-state index is 0.0821. The zero-order chi connectivity index (χ0) is 18.0. The largest absolute Gasteiger partial charge is 0.394 e. The Morgan fingerprint density at radius 2 is 2.04 bits per heavy atom. The Hall–Kier alpha value is -2.33. The first-order chi connectivity index (χ1) is 12.0. The van der Waals surface area contributed by atoms with Crippen molar-refractivity contribution in [2.45, 2.75) is 24.4 Å². The van der Waals surface area contributed by atoms with Crippen LogP contribution >= 0.6 is 11.3 Å². The molecule has 1 saturated heterocycles. The summed E-state index contributed by atoms with van der Waals surface area (Å²) in [5, 5.41) is 24.3. The zero-order valence-electron chi connectivity index (χ0n) is 13.0. The van der Waals surface area contributed by atoms with Gasteiger partial charge in [-0.25, -0.2) is 4.98 Å². The van der Waals surface area contributed by atoms with Crippen molar-refractivity contribution in [3.63, 3.8) is 0 Å². The number of amides is 2. The summed E-state index contributed by atoms with van der Waals surface area (Å²) in [7, 11) is 0. The Balaban J connectivity index is 1.84. The summed E-state index contributed by atoms with van der Waals surface area (Å²) < 4.78 is 5.63. The summed E-state index contributed by atoms with van der Waals surface area (Å²) >= 11 is 1.14. The lowest BCUT2D eigenvalue weighted by molar-refractivity contribution is -0.0226. The molecule has 2 aromatic rings. The smallest absolute Gasteiger partial charge is 0.268 e. The maximum atomic E-state index is 12.4. The Labute approximate surface area is 147 Å². The van der Waals surface area contributed by atoms with Gasteiger partial charge in [-0.3, -0.25) is 9.59 Å². The van der Waals surface area contributed by atoms with Crippen molar-refractivity contribution in [3.8, 4) is 0 Å². The van der Waals surface area contributed by atoms with E-state index in [4.69, 9.17) is 10.5 Å². The molecule has 25 heavy (non-hydrogen) atoms. The second kappa shape index (κ2) is 7.28. The summed E-state index contributed by atoms with van der Waals surface area (Å²) in [4.78, 5) is 27.7. The number of hydrogen-bond donors (Lipinski definition) is 4. The standard InChI is InChI=1S/C16H17N3O5S/c17-14(22)9-7-25-16(18-9)13-11(12(21)10(6-20)24-13)19-15(23)8-4-2-1-3-5-8/h1-5,7,10-13,20-21H,6H2,(H2,17,22)(H,19,23)/t10-,11-,12-,13-/m1/s1. The van der Waals surface area contributed by atoms with Crippen LogP contribution < -0.4 is 11.1 Å². The number of ether oxygens (including phenoxy) is 1. The molecule has 0 bridgehead atoms. The third kappa shape index (κ3) is 3.54. The van der Waals surface area contributed by atoms with Crippen molar-refractivity contribution in [1.29, 1.82) is 0 Å². The number of nitrogens with two attached hydrogens (primary N) is 1. The zero-order valence-corrected chi connectivity index (χ0v) is 13.8. The molecule has 0 aliphatic carbocycles. The first-order valence-corrected chi connectivity index (χ1v) is 8.44. The van der Waals surface area contributed by atoms with Gasteiger partial charge in [0.05, 0.1) is 12.6 Å². The van der Waals surface area contributed by atoms with Crippen LogP contribution in [-0.2, 0) is 4.74 Å². The molecule has 1 fully saturated rings. The van der Waals surface area contributed by atoms with E-state index in [0.29, 0.717) is 10.6 Å². The summed E-state index contributed by atoms with van der Waals surface area (Å²) in [6.45, 7) is -0.413. The van der Waals surface area contributed by atoms with Gasteiger partial charge in [0.1, 0.15) is 29.0 Å². The average Bonchev–Trinajstić information content (AvgIpc) is 3.21. The third-order valence-electron chi connectivity index (χ3n) is 3.93. The highest BCUT2D eigenvalue weighted by atomic mass is 32.1. The first kappa shape index (κ1) is 17.5. The fourth-order valence-corrected chi connectivity index (χ4v) is 3.53. The van der Waals surface area contributed by atoms with E-state index in [0.717, 1.165) is 11.3 Å². The van der Waals surface area contributed by atoms with Crippen LogP contribution in [-0.4, -0.2) is 51.9 Å². The Morgan fingerprint density at radius 1 is 1.32 bits per heavy atom. The highest BCUT2D eigenvalue weighted by molar-refractivity contribution is 7.09. The van der Waals surface area contributed by atoms with E-state index in [1.807, 2.05) is 0 Å². The maximum Gasteiger partial charge on any atom is 0.268 e. The number of carbonyl (C=O) groups is 2. The molecule has 1 aromatic carbocycles. The van der Waals surface area contributed by atoms with E-state index >= 15 is 0 Å². The van der Waals surface area contributed by atoms with E-state index in [-0.39, 0.29) is 11.6 Å². The van der Waals surface area contributed by atoms with Crippen molar-refractivity contribution in [3.05, 3.63) is 52.0 Å². The molecule has 4 atom stereocenters. The number of nitrogens with zero attached hydrogens (tertiary/aromatic N) is 1. The lowest BCUT2D eigenvalue weighted by Gasteiger charge is -2.20. The number of hydrogen-bond acceptors (Lipinski definition) is 7. The van der Waals surface area contributed by atoms with Gasteiger partial charge in [0.2, 0.25) is 0 Å². The van der Waals surface area contributed by atoms with Crippen LogP contribution in [0, 0.1) is 0 Å². The Kier molecular flexibility index (Phi) is 5.09. The number of aromatic nitrogens is 1. The number of benzene rings is 1. The molecule has 8 nitrogen and oxygen atoms in total. The molecule has 0 unspecified atom stereocenters. The molecule has 1 aliphatic rings. The topological polar surface area (TPSA) is 135 Å². The minimum atomic E-state index is -1.12. The van der Waals surface area contributed by atoms with Crippen LogP contribution in [0.15, 0.2) is 35.7 Å². The van der Waals surface area contributed by atoms with Crippen LogP contribution in [0.2, 0.25) is 0 Å². The second-order valence-corrected chi connectivity index (χ2v) is 6.46. The molecular formula is C16H17N3O5S. The average molecular weight is 363 g/mol. The van der Waals surface area contributed by atoms with E-state index in [1.165, 1.54) is 5.38 Å². The minimum Gasteiger partial charge on any atom is -0.394 e. The highest BCUT2D eigenvalue weighted by Gasteiger charge is 2.46. The molecule has 0 radical (unpaired) electrons. The van der Waals surface area contributed by atoms with E-state index in [2.05, 4.69) is 10.3 Å². The van der Waals surface area contributed by atoms with Crippen molar-refractivity contribution in [2.24, 2.45) is 5.73 Å². The molecule has 5 N–H and O–H groups in total. The number of aliphatic hydroxyl groups excluding tert-OH is 2. The van der Waals surface area contributed by atoms with Gasteiger partial charge in [-0.2, -0.15) is 0 Å². The number of carbonyl (C=O) groups excluding carboxylic acids is 2. The third-order valence-corrected chi connectivity index (χ3v) is 4.83. The Morgan fingerprint density at radius 3 is 2.64 bits per heavy atom. The molecular weight excluding hydrogens is 346 g/mol. The molecule has 3 rings (SSSR count). The van der Waals surface area contributed by atoms with Gasteiger partial charge in [-0.1, -0.05) is 18.2 Å². The van der Waals surface area contributed by atoms with Crippen LogP contribution in [0.3, 0.4) is 0 Å². The van der Waals surface area contributed by atoms with E-state index < -0.39 is 36.9 Å². The van der Waals surface area contributed by atoms with Gasteiger partial charge in [-0.15, -0.1) is 11.3 Å².